The molecule has 1 aromatic rings. The maximum atomic E-state index is 12.7. The molecule has 0 heterocycles. The number of aryl methyl sites for hydroxylation is 1. The maximum Gasteiger partial charge on any atom is 0.157 e. The normalized spacial score (nSPS) is 30.0. The highest BCUT2D eigenvalue weighted by Gasteiger charge is 2.45. The predicted octanol–water partition coefficient (Wildman–Crippen LogP) is 3.61. The second kappa shape index (κ2) is 4.81. The van der Waals surface area contributed by atoms with E-state index in [-0.39, 0.29) is 11.7 Å². The first-order valence-corrected chi connectivity index (χ1v) is 7.19. The number of nitriles is 1. The highest BCUT2D eigenvalue weighted by atomic mass is 16.1. The summed E-state index contributed by atoms with van der Waals surface area (Å²) in [6, 6.07) is 10.0. The summed E-state index contributed by atoms with van der Waals surface area (Å²) in [5.41, 5.74) is 1.95. The summed E-state index contributed by atoms with van der Waals surface area (Å²) >= 11 is 0. The van der Waals surface area contributed by atoms with Crippen LogP contribution in [0.4, 0.5) is 0 Å². The van der Waals surface area contributed by atoms with Gasteiger partial charge in [-0.3, -0.25) is 4.79 Å². The summed E-state index contributed by atoms with van der Waals surface area (Å²) in [6.45, 7) is 1.98. The Morgan fingerprint density at radius 1 is 1.32 bits per heavy atom. The van der Waals surface area contributed by atoms with E-state index in [0.29, 0.717) is 5.92 Å². The number of ketones is 1. The highest BCUT2D eigenvalue weighted by molar-refractivity contribution is 5.91. The molecule has 0 radical (unpaired) electrons. The van der Waals surface area contributed by atoms with Gasteiger partial charge in [0, 0.05) is 5.92 Å². The fraction of sp³-hybridized carbons (Fsp3) is 0.529. The second-order valence-corrected chi connectivity index (χ2v) is 6.10. The molecular formula is C17H19NO. The molecule has 2 aliphatic carbocycles. The van der Waals surface area contributed by atoms with Gasteiger partial charge in [0.1, 0.15) is 5.92 Å². The van der Waals surface area contributed by atoms with Crippen molar-refractivity contribution in [3.05, 3.63) is 35.4 Å². The van der Waals surface area contributed by atoms with Crippen molar-refractivity contribution in [1.82, 2.24) is 0 Å². The fourth-order valence-corrected chi connectivity index (χ4v) is 4.00. The zero-order chi connectivity index (χ0) is 13.4. The quantitative estimate of drug-likeness (QED) is 0.825. The first kappa shape index (κ1) is 12.4. The Morgan fingerprint density at radius 3 is 2.68 bits per heavy atom. The molecule has 2 heteroatoms. The van der Waals surface area contributed by atoms with Crippen LogP contribution in [0.5, 0.6) is 0 Å². The van der Waals surface area contributed by atoms with Gasteiger partial charge in [-0.15, -0.1) is 0 Å². The van der Waals surface area contributed by atoms with E-state index in [9.17, 15) is 10.1 Å². The van der Waals surface area contributed by atoms with Crippen LogP contribution in [0.1, 0.15) is 42.7 Å². The molecule has 0 amide bonds. The van der Waals surface area contributed by atoms with Gasteiger partial charge in [0.15, 0.2) is 5.78 Å². The molecule has 0 aliphatic heterocycles. The topological polar surface area (TPSA) is 40.9 Å². The maximum absolute atomic E-state index is 12.7. The molecule has 4 atom stereocenters. The molecular weight excluding hydrogens is 234 g/mol. The first-order valence-electron chi connectivity index (χ1n) is 7.19. The third-order valence-corrected chi connectivity index (χ3v) is 5.02. The molecule has 2 nitrogen and oxygen atoms in total. The number of carbonyl (C=O) groups is 1. The van der Waals surface area contributed by atoms with Crippen molar-refractivity contribution in [2.75, 3.05) is 0 Å². The van der Waals surface area contributed by atoms with Gasteiger partial charge < -0.3 is 0 Å². The Kier molecular flexibility index (Phi) is 3.14. The van der Waals surface area contributed by atoms with Gasteiger partial charge in [-0.05, 0) is 49.1 Å². The van der Waals surface area contributed by atoms with Gasteiger partial charge in [0.2, 0.25) is 0 Å². The van der Waals surface area contributed by atoms with E-state index in [0.717, 1.165) is 23.5 Å². The van der Waals surface area contributed by atoms with Gasteiger partial charge in [-0.25, -0.2) is 0 Å². The van der Waals surface area contributed by atoms with E-state index in [1.165, 1.54) is 19.3 Å². The van der Waals surface area contributed by atoms with Gasteiger partial charge in [-0.1, -0.05) is 30.7 Å². The Bertz CT molecular complexity index is 542. The minimum atomic E-state index is -0.564. The Labute approximate surface area is 114 Å². The van der Waals surface area contributed by atoms with Gasteiger partial charge >= 0.3 is 0 Å². The van der Waals surface area contributed by atoms with Crippen LogP contribution in [0.3, 0.4) is 0 Å². The van der Waals surface area contributed by atoms with Crippen LogP contribution in [-0.2, 0) is 4.79 Å². The number of nitrogens with zero attached hydrogens (tertiary/aromatic N) is 1. The van der Waals surface area contributed by atoms with Gasteiger partial charge in [-0.2, -0.15) is 5.26 Å². The number of benzene rings is 1. The largest absolute Gasteiger partial charge is 0.298 e. The molecule has 2 fully saturated rings. The minimum Gasteiger partial charge on any atom is -0.298 e. The summed E-state index contributed by atoms with van der Waals surface area (Å²) in [7, 11) is 0. The molecule has 2 aliphatic rings. The summed E-state index contributed by atoms with van der Waals surface area (Å²) in [5, 5.41) is 9.43. The van der Waals surface area contributed by atoms with Crippen LogP contribution in [0.2, 0.25) is 0 Å². The van der Waals surface area contributed by atoms with Crippen molar-refractivity contribution >= 4 is 5.78 Å². The summed E-state index contributed by atoms with van der Waals surface area (Å²) in [5.74, 6) is 1.05. The fourth-order valence-electron chi connectivity index (χ4n) is 4.00. The molecule has 0 N–H and O–H groups in total. The zero-order valence-corrected chi connectivity index (χ0v) is 11.3. The van der Waals surface area contributed by atoms with Crippen LogP contribution in [0.15, 0.2) is 24.3 Å². The van der Waals surface area contributed by atoms with Crippen molar-refractivity contribution in [3.63, 3.8) is 0 Å². The molecule has 4 unspecified atom stereocenters. The molecule has 3 rings (SSSR count). The average molecular weight is 253 g/mol. The number of rotatable bonds is 3. The van der Waals surface area contributed by atoms with Gasteiger partial charge in [0.25, 0.3) is 0 Å². The number of fused-ring (bicyclic) bond motifs is 2. The van der Waals surface area contributed by atoms with E-state index in [2.05, 4.69) is 6.07 Å². The minimum absolute atomic E-state index is 0.142. The summed E-state index contributed by atoms with van der Waals surface area (Å²) in [4.78, 5) is 12.7. The van der Waals surface area contributed by atoms with Crippen LogP contribution in [0, 0.1) is 36.0 Å². The number of hydrogen-bond donors (Lipinski definition) is 0. The summed E-state index contributed by atoms with van der Waals surface area (Å²) in [6.07, 6.45) is 4.71. The number of hydrogen-bond acceptors (Lipinski definition) is 2. The Balaban J connectivity index is 1.86. The lowest BCUT2D eigenvalue weighted by Gasteiger charge is -2.23. The molecule has 1 aromatic carbocycles. The van der Waals surface area contributed by atoms with Crippen molar-refractivity contribution in [1.29, 1.82) is 5.26 Å². The molecule has 0 spiro atoms. The second-order valence-electron chi connectivity index (χ2n) is 6.10. The van der Waals surface area contributed by atoms with E-state index in [1.54, 1.807) is 0 Å². The molecule has 0 saturated heterocycles. The van der Waals surface area contributed by atoms with Crippen LogP contribution < -0.4 is 0 Å². The van der Waals surface area contributed by atoms with Crippen LogP contribution >= 0.6 is 0 Å². The number of Topliss-reactive ketones (excluding diaryl/α,β-unsaturated/α-hetero) is 1. The van der Waals surface area contributed by atoms with E-state index in [4.69, 9.17) is 0 Å². The van der Waals surface area contributed by atoms with Crippen molar-refractivity contribution in [2.45, 2.75) is 38.5 Å². The molecule has 2 bridgehead atoms. The van der Waals surface area contributed by atoms with E-state index < -0.39 is 5.92 Å². The lowest BCUT2D eigenvalue weighted by molar-refractivity contribution is -0.124. The molecule has 0 aromatic heterocycles. The highest BCUT2D eigenvalue weighted by Crippen LogP contribution is 2.50. The smallest absolute Gasteiger partial charge is 0.157 e. The Hall–Kier alpha value is -1.62. The molecule has 98 valence electrons. The van der Waals surface area contributed by atoms with Crippen molar-refractivity contribution in [3.8, 4) is 6.07 Å². The third-order valence-electron chi connectivity index (χ3n) is 5.02. The van der Waals surface area contributed by atoms with Crippen molar-refractivity contribution in [2.24, 2.45) is 17.8 Å². The van der Waals surface area contributed by atoms with Gasteiger partial charge in [0.05, 0.1) is 6.07 Å². The van der Waals surface area contributed by atoms with Crippen LogP contribution in [0.25, 0.3) is 0 Å². The predicted molar refractivity (Wildman–Crippen MR) is 73.5 cm³/mol. The lowest BCUT2D eigenvalue weighted by Crippen LogP contribution is -2.26. The monoisotopic (exact) mass is 253 g/mol. The Morgan fingerprint density at radius 2 is 2.11 bits per heavy atom. The summed E-state index contributed by atoms with van der Waals surface area (Å²) < 4.78 is 0. The zero-order valence-electron chi connectivity index (χ0n) is 11.3. The molecule has 19 heavy (non-hydrogen) atoms. The van der Waals surface area contributed by atoms with E-state index >= 15 is 0 Å². The van der Waals surface area contributed by atoms with E-state index in [1.807, 2.05) is 31.2 Å². The van der Waals surface area contributed by atoms with Crippen molar-refractivity contribution < 1.29 is 4.79 Å². The third kappa shape index (κ3) is 2.08. The lowest BCUT2D eigenvalue weighted by atomic mass is 9.78. The SMILES string of the molecule is Cc1ccccc1C(C#N)C(=O)C1CC2CCC1C2. The standard InChI is InChI=1S/C17H19NO/c1-11-4-2-3-5-14(11)16(10-18)17(19)15-9-12-6-7-13(15)8-12/h2-5,12-13,15-16H,6-9H2,1H3. The average Bonchev–Trinajstić information content (AvgIpc) is 3.04. The molecule has 2 saturated carbocycles. The van der Waals surface area contributed by atoms with Crippen LogP contribution in [-0.4, -0.2) is 5.78 Å². The first-order chi connectivity index (χ1) is 9.20. The number of carbonyl (C=O) groups excluding carboxylic acids is 1.